The smallest absolute Gasteiger partial charge is 0.264 e. The molecule has 0 aromatic heterocycles. The van der Waals surface area contributed by atoms with Gasteiger partial charge >= 0.3 is 0 Å². The Hall–Kier alpha value is -2.71. The summed E-state index contributed by atoms with van der Waals surface area (Å²) in [5, 5.41) is 2.44. The molecule has 3 aromatic carbocycles. The van der Waals surface area contributed by atoms with E-state index in [9.17, 15) is 17.6 Å². The molecule has 8 heteroatoms. The van der Waals surface area contributed by atoms with Crippen LogP contribution < -0.4 is 9.62 Å². The number of halogens is 2. The van der Waals surface area contributed by atoms with Crippen LogP contribution in [-0.4, -0.2) is 20.9 Å². The molecule has 0 radical (unpaired) electrons. The van der Waals surface area contributed by atoms with Crippen LogP contribution in [0.4, 0.5) is 15.8 Å². The van der Waals surface area contributed by atoms with E-state index in [1.807, 2.05) is 0 Å². The minimum atomic E-state index is -4.01. The van der Waals surface area contributed by atoms with Crippen molar-refractivity contribution in [1.82, 2.24) is 0 Å². The van der Waals surface area contributed by atoms with Crippen LogP contribution >= 0.6 is 15.9 Å². The second-order valence-electron chi connectivity index (χ2n) is 6.28. The average molecular weight is 477 g/mol. The van der Waals surface area contributed by atoms with E-state index in [2.05, 4.69) is 21.2 Å². The highest BCUT2D eigenvalue weighted by molar-refractivity contribution is 9.10. The number of carbonyl (C=O) groups excluding carboxylic acids is 1. The van der Waals surface area contributed by atoms with E-state index < -0.39 is 28.3 Å². The summed E-state index contributed by atoms with van der Waals surface area (Å²) in [5.41, 5.74) is 1.04. The molecule has 0 aliphatic rings. The summed E-state index contributed by atoms with van der Waals surface area (Å²) in [5.74, 6) is -1.28. The Morgan fingerprint density at radius 3 is 2.34 bits per heavy atom. The lowest BCUT2D eigenvalue weighted by Crippen LogP contribution is -2.38. The fraction of sp³-hybridized carbons (Fsp3) is 0.0952. The molecule has 0 heterocycles. The first-order valence-electron chi connectivity index (χ1n) is 8.67. The van der Waals surface area contributed by atoms with E-state index in [1.54, 1.807) is 55.5 Å². The Kier molecular flexibility index (Phi) is 6.34. The molecule has 0 aliphatic heterocycles. The summed E-state index contributed by atoms with van der Waals surface area (Å²) in [6.45, 7) is 1.26. The molecule has 0 fully saturated rings. The molecule has 150 valence electrons. The van der Waals surface area contributed by atoms with Crippen LogP contribution in [0.5, 0.6) is 0 Å². The van der Waals surface area contributed by atoms with Gasteiger partial charge in [-0.3, -0.25) is 9.10 Å². The predicted octanol–water partition coefficient (Wildman–Crippen LogP) is 4.73. The minimum absolute atomic E-state index is 0.0277. The van der Waals surface area contributed by atoms with E-state index in [1.165, 1.54) is 24.3 Å². The van der Waals surface area contributed by atoms with E-state index >= 15 is 0 Å². The zero-order valence-corrected chi connectivity index (χ0v) is 17.9. The number of amides is 1. The third-order valence-electron chi connectivity index (χ3n) is 4.21. The molecular formula is C21H18BrFN2O3S. The van der Waals surface area contributed by atoms with Crippen molar-refractivity contribution in [2.24, 2.45) is 0 Å². The van der Waals surface area contributed by atoms with Crippen molar-refractivity contribution >= 4 is 43.2 Å². The Bertz CT molecular complexity index is 1140. The van der Waals surface area contributed by atoms with Crippen molar-refractivity contribution in [3.8, 4) is 0 Å². The summed E-state index contributed by atoms with van der Waals surface area (Å²) in [6, 6.07) is 18.9. The number of para-hydroxylation sites is 1. The van der Waals surface area contributed by atoms with Crippen molar-refractivity contribution in [2.75, 3.05) is 16.2 Å². The lowest BCUT2D eigenvalue weighted by molar-refractivity contribution is -0.114. The predicted molar refractivity (Wildman–Crippen MR) is 115 cm³/mol. The van der Waals surface area contributed by atoms with Gasteiger partial charge in [-0.15, -0.1) is 0 Å². The van der Waals surface area contributed by atoms with E-state index in [4.69, 9.17) is 0 Å². The monoisotopic (exact) mass is 476 g/mol. The Labute approximate surface area is 177 Å². The second kappa shape index (κ2) is 8.75. The second-order valence-corrected chi connectivity index (χ2v) is 9.06. The topological polar surface area (TPSA) is 66.5 Å². The molecule has 1 N–H and O–H groups in total. The van der Waals surface area contributed by atoms with Gasteiger partial charge in [0, 0.05) is 4.47 Å². The normalized spacial score (nSPS) is 11.1. The standard InChI is InChI=1S/C21H18BrFN2O3S/c1-15-7-5-6-10-20(15)25(29(27,28)17-8-3-2-4-9-17)14-21(26)24-19-12-11-16(22)13-18(19)23/h2-13H,14H2,1H3,(H,24,26). The van der Waals surface area contributed by atoms with Gasteiger partial charge in [-0.25, -0.2) is 12.8 Å². The highest BCUT2D eigenvalue weighted by atomic mass is 79.9. The van der Waals surface area contributed by atoms with Crippen LogP contribution in [0.1, 0.15) is 5.56 Å². The molecule has 0 saturated carbocycles. The third kappa shape index (κ3) is 4.83. The summed E-state index contributed by atoms with van der Waals surface area (Å²) >= 11 is 3.15. The quantitative estimate of drug-likeness (QED) is 0.558. The van der Waals surface area contributed by atoms with Crippen LogP contribution in [0.2, 0.25) is 0 Å². The largest absolute Gasteiger partial charge is 0.322 e. The molecular weight excluding hydrogens is 459 g/mol. The van der Waals surface area contributed by atoms with Gasteiger partial charge < -0.3 is 5.32 Å². The average Bonchev–Trinajstić information content (AvgIpc) is 2.69. The molecule has 5 nitrogen and oxygen atoms in total. The molecule has 0 atom stereocenters. The molecule has 29 heavy (non-hydrogen) atoms. The van der Waals surface area contributed by atoms with Crippen molar-refractivity contribution in [2.45, 2.75) is 11.8 Å². The number of sulfonamides is 1. The van der Waals surface area contributed by atoms with Gasteiger partial charge in [0.25, 0.3) is 10.0 Å². The summed E-state index contributed by atoms with van der Waals surface area (Å²) < 4.78 is 42.1. The summed E-state index contributed by atoms with van der Waals surface area (Å²) in [7, 11) is -4.01. The van der Waals surface area contributed by atoms with E-state index in [0.717, 1.165) is 4.31 Å². The highest BCUT2D eigenvalue weighted by Crippen LogP contribution is 2.27. The van der Waals surface area contributed by atoms with Gasteiger partial charge in [0.05, 0.1) is 16.3 Å². The van der Waals surface area contributed by atoms with Crippen molar-refractivity contribution in [3.63, 3.8) is 0 Å². The van der Waals surface area contributed by atoms with Gasteiger partial charge in [0.15, 0.2) is 0 Å². The first-order valence-corrected chi connectivity index (χ1v) is 10.9. The lowest BCUT2D eigenvalue weighted by Gasteiger charge is -2.25. The first-order chi connectivity index (χ1) is 13.8. The number of rotatable bonds is 6. The minimum Gasteiger partial charge on any atom is -0.322 e. The van der Waals surface area contributed by atoms with Gasteiger partial charge in [-0.2, -0.15) is 0 Å². The number of hydrogen-bond acceptors (Lipinski definition) is 3. The molecule has 3 aromatic rings. The van der Waals surface area contributed by atoms with Crippen LogP contribution in [0, 0.1) is 12.7 Å². The molecule has 1 amide bonds. The number of carbonyl (C=O) groups is 1. The van der Waals surface area contributed by atoms with E-state index in [0.29, 0.717) is 15.7 Å². The zero-order chi connectivity index (χ0) is 21.0. The van der Waals surface area contributed by atoms with Crippen molar-refractivity contribution < 1.29 is 17.6 Å². The lowest BCUT2D eigenvalue weighted by atomic mass is 10.2. The molecule has 0 spiro atoms. The first kappa shape index (κ1) is 21.0. The SMILES string of the molecule is Cc1ccccc1N(CC(=O)Nc1ccc(Br)cc1F)S(=O)(=O)c1ccccc1. The van der Waals surface area contributed by atoms with Crippen LogP contribution in [0.25, 0.3) is 0 Å². The maximum atomic E-state index is 14.1. The Morgan fingerprint density at radius 2 is 1.69 bits per heavy atom. The number of nitrogens with zero attached hydrogens (tertiary/aromatic N) is 1. The number of aryl methyl sites for hydroxylation is 1. The van der Waals surface area contributed by atoms with Crippen molar-refractivity contribution in [1.29, 1.82) is 0 Å². The van der Waals surface area contributed by atoms with Crippen LogP contribution in [0.3, 0.4) is 0 Å². The molecule has 3 rings (SSSR count). The summed E-state index contributed by atoms with van der Waals surface area (Å²) in [6.07, 6.45) is 0. The van der Waals surface area contributed by atoms with Crippen molar-refractivity contribution in [3.05, 3.63) is 88.6 Å². The molecule has 0 aliphatic carbocycles. The fourth-order valence-corrected chi connectivity index (χ4v) is 4.61. The zero-order valence-electron chi connectivity index (χ0n) is 15.5. The fourth-order valence-electron chi connectivity index (χ4n) is 2.77. The molecule has 0 saturated heterocycles. The van der Waals surface area contributed by atoms with Gasteiger partial charge in [-0.1, -0.05) is 52.3 Å². The summed E-state index contributed by atoms with van der Waals surface area (Å²) in [4.78, 5) is 12.7. The maximum absolute atomic E-state index is 14.1. The maximum Gasteiger partial charge on any atom is 0.264 e. The Balaban J connectivity index is 1.96. The van der Waals surface area contributed by atoms with Crippen LogP contribution in [-0.2, 0) is 14.8 Å². The highest BCUT2D eigenvalue weighted by Gasteiger charge is 2.28. The number of anilines is 2. The van der Waals surface area contributed by atoms with Gasteiger partial charge in [0.1, 0.15) is 12.4 Å². The number of hydrogen-bond donors (Lipinski definition) is 1. The Morgan fingerprint density at radius 1 is 1.03 bits per heavy atom. The number of nitrogens with one attached hydrogen (secondary N) is 1. The molecule has 0 bridgehead atoms. The van der Waals surface area contributed by atoms with E-state index in [-0.39, 0.29) is 10.6 Å². The van der Waals surface area contributed by atoms with Gasteiger partial charge in [0.2, 0.25) is 5.91 Å². The number of benzene rings is 3. The van der Waals surface area contributed by atoms with Crippen LogP contribution in [0.15, 0.2) is 82.2 Å². The van der Waals surface area contributed by atoms with Gasteiger partial charge in [-0.05, 0) is 48.9 Å². The third-order valence-corrected chi connectivity index (χ3v) is 6.47. The molecule has 0 unspecified atom stereocenters.